The summed E-state index contributed by atoms with van der Waals surface area (Å²) in [5, 5.41) is 0. The Hall–Kier alpha value is -0.900. The molecule has 1 aliphatic heterocycles. The summed E-state index contributed by atoms with van der Waals surface area (Å²) in [6, 6.07) is 10.6. The zero-order chi connectivity index (χ0) is 13.6. The molecule has 0 atom stereocenters. The minimum absolute atomic E-state index is 0.516. The maximum atomic E-state index is 6.00. The number of rotatable bonds is 6. The molecule has 0 saturated carbocycles. The predicted molar refractivity (Wildman–Crippen MR) is 76.7 cm³/mol. The molecule has 0 spiro atoms. The Morgan fingerprint density at radius 3 is 2.37 bits per heavy atom. The molecule has 19 heavy (non-hydrogen) atoms. The molecule has 3 nitrogen and oxygen atoms in total. The van der Waals surface area contributed by atoms with Crippen LogP contribution in [0.25, 0.3) is 0 Å². The summed E-state index contributed by atoms with van der Waals surface area (Å²) in [6.45, 7) is 7.37. The zero-order valence-electron chi connectivity index (χ0n) is 12.1. The van der Waals surface area contributed by atoms with E-state index in [1.165, 1.54) is 18.4 Å². The quantitative estimate of drug-likeness (QED) is 0.734. The van der Waals surface area contributed by atoms with Crippen molar-refractivity contribution < 1.29 is 9.47 Å². The highest BCUT2D eigenvalue weighted by atomic mass is 16.7. The van der Waals surface area contributed by atoms with E-state index < -0.39 is 5.91 Å². The number of piperidine rings is 1. The summed E-state index contributed by atoms with van der Waals surface area (Å²) in [4.78, 5) is 2.35. The third-order valence-corrected chi connectivity index (χ3v) is 3.61. The fourth-order valence-electron chi connectivity index (χ4n) is 2.80. The Morgan fingerprint density at radius 2 is 1.74 bits per heavy atom. The van der Waals surface area contributed by atoms with E-state index in [4.69, 9.17) is 9.47 Å². The van der Waals surface area contributed by atoms with Crippen LogP contribution in [0.15, 0.2) is 30.3 Å². The highest BCUT2D eigenvalue weighted by Gasteiger charge is 2.40. The third kappa shape index (κ3) is 3.56. The van der Waals surface area contributed by atoms with Gasteiger partial charge < -0.3 is 9.47 Å². The minimum atomic E-state index is -0.516. The van der Waals surface area contributed by atoms with Crippen molar-refractivity contribution in [1.29, 1.82) is 0 Å². The lowest BCUT2D eigenvalue weighted by molar-refractivity contribution is -0.330. The van der Waals surface area contributed by atoms with Crippen LogP contribution in [0.3, 0.4) is 0 Å². The van der Waals surface area contributed by atoms with Crippen molar-refractivity contribution in [3.05, 3.63) is 35.9 Å². The van der Waals surface area contributed by atoms with E-state index in [2.05, 4.69) is 35.2 Å². The van der Waals surface area contributed by atoms with Gasteiger partial charge >= 0.3 is 0 Å². The largest absolute Gasteiger partial charge is 0.338 e. The van der Waals surface area contributed by atoms with Crippen molar-refractivity contribution in [2.75, 3.05) is 19.8 Å². The molecular formula is C16H25NO2. The zero-order valence-corrected chi connectivity index (χ0v) is 12.1. The number of benzene rings is 1. The molecule has 3 heteroatoms. The normalized spacial score (nSPS) is 19.5. The van der Waals surface area contributed by atoms with Crippen LogP contribution in [0.1, 0.15) is 38.7 Å². The van der Waals surface area contributed by atoms with E-state index in [9.17, 15) is 0 Å². The van der Waals surface area contributed by atoms with Crippen molar-refractivity contribution in [2.45, 2.75) is 45.6 Å². The fraction of sp³-hybridized carbons (Fsp3) is 0.625. The van der Waals surface area contributed by atoms with Crippen LogP contribution in [-0.4, -0.2) is 30.6 Å². The summed E-state index contributed by atoms with van der Waals surface area (Å²) >= 11 is 0. The number of likely N-dealkylation sites (tertiary alicyclic amines) is 1. The molecule has 0 aliphatic carbocycles. The first kappa shape index (κ1) is 14.5. The second-order valence-corrected chi connectivity index (χ2v) is 4.94. The molecule has 0 unspecified atom stereocenters. The van der Waals surface area contributed by atoms with Crippen molar-refractivity contribution in [3.8, 4) is 0 Å². The van der Waals surface area contributed by atoms with Gasteiger partial charge in [-0.25, -0.2) is 4.90 Å². The van der Waals surface area contributed by atoms with Crippen LogP contribution in [-0.2, 0) is 16.0 Å². The molecule has 106 valence electrons. The van der Waals surface area contributed by atoms with Crippen LogP contribution in [0.4, 0.5) is 0 Å². The fourth-order valence-corrected chi connectivity index (χ4v) is 2.80. The van der Waals surface area contributed by atoms with Gasteiger partial charge in [0.25, 0.3) is 0 Å². The predicted octanol–water partition coefficient (Wildman–Crippen LogP) is 3.40. The number of hydrogen-bond acceptors (Lipinski definition) is 3. The first-order valence-corrected chi connectivity index (χ1v) is 7.37. The molecule has 0 bridgehead atoms. The Labute approximate surface area is 116 Å². The SMILES string of the molecule is CCOC1(OCC)CCCCN1Cc1ccccc1. The Balaban J connectivity index is 2.13. The van der Waals surface area contributed by atoms with Crippen molar-refractivity contribution in [3.63, 3.8) is 0 Å². The van der Waals surface area contributed by atoms with Crippen LogP contribution in [0.5, 0.6) is 0 Å². The molecule has 0 aromatic heterocycles. The van der Waals surface area contributed by atoms with E-state index >= 15 is 0 Å². The third-order valence-electron chi connectivity index (χ3n) is 3.61. The molecule has 0 radical (unpaired) electrons. The highest BCUT2D eigenvalue weighted by Crippen LogP contribution is 2.32. The first-order valence-electron chi connectivity index (χ1n) is 7.37. The molecule has 1 aliphatic rings. The number of hydrogen-bond donors (Lipinski definition) is 0. The standard InChI is InChI=1S/C16H25NO2/c1-3-18-16(19-4-2)12-8-9-13-17(16)14-15-10-6-5-7-11-15/h5-7,10-11H,3-4,8-9,12-14H2,1-2H3. The summed E-state index contributed by atoms with van der Waals surface area (Å²) < 4.78 is 12.0. The molecule has 2 rings (SSSR count). The van der Waals surface area contributed by atoms with E-state index in [1.54, 1.807) is 0 Å². The van der Waals surface area contributed by atoms with Gasteiger partial charge in [0, 0.05) is 32.7 Å². The lowest BCUT2D eigenvalue weighted by Gasteiger charge is -2.45. The molecule has 0 N–H and O–H groups in total. The Bertz CT molecular complexity index is 355. The molecule has 0 amide bonds. The lowest BCUT2D eigenvalue weighted by Crippen LogP contribution is -2.55. The van der Waals surface area contributed by atoms with Gasteiger partial charge in [-0.3, -0.25) is 0 Å². The smallest absolute Gasteiger partial charge is 0.230 e. The van der Waals surface area contributed by atoms with Gasteiger partial charge in [-0.2, -0.15) is 0 Å². The maximum Gasteiger partial charge on any atom is 0.230 e. The van der Waals surface area contributed by atoms with Gasteiger partial charge in [-0.15, -0.1) is 0 Å². The van der Waals surface area contributed by atoms with Crippen molar-refractivity contribution in [2.24, 2.45) is 0 Å². The molecule has 1 aromatic carbocycles. The van der Waals surface area contributed by atoms with Gasteiger partial charge in [-0.1, -0.05) is 30.3 Å². The van der Waals surface area contributed by atoms with Crippen LogP contribution in [0.2, 0.25) is 0 Å². The van der Waals surface area contributed by atoms with Gasteiger partial charge in [0.2, 0.25) is 5.91 Å². The topological polar surface area (TPSA) is 21.7 Å². The van der Waals surface area contributed by atoms with Gasteiger partial charge in [0.15, 0.2) is 0 Å². The summed E-state index contributed by atoms with van der Waals surface area (Å²) in [6.07, 6.45) is 3.35. The summed E-state index contributed by atoms with van der Waals surface area (Å²) in [5.74, 6) is -0.516. The monoisotopic (exact) mass is 263 g/mol. The molecule has 1 saturated heterocycles. The second kappa shape index (κ2) is 7.04. The van der Waals surface area contributed by atoms with E-state index in [-0.39, 0.29) is 0 Å². The van der Waals surface area contributed by atoms with Crippen molar-refractivity contribution >= 4 is 0 Å². The van der Waals surface area contributed by atoms with Crippen molar-refractivity contribution in [1.82, 2.24) is 4.90 Å². The molecule has 1 fully saturated rings. The average Bonchev–Trinajstić information content (AvgIpc) is 2.43. The first-order chi connectivity index (χ1) is 9.30. The highest BCUT2D eigenvalue weighted by molar-refractivity contribution is 5.14. The molecular weight excluding hydrogens is 238 g/mol. The number of ether oxygens (including phenoxy) is 2. The van der Waals surface area contributed by atoms with E-state index in [0.717, 1.165) is 19.5 Å². The van der Waals surface area contributed by atoms with Crippen LogP contribution < -0.4 is 0 Å². The average molecular weight is 263 g/mol. The van der Waals surface area contributed by atoms with E-state index in [1.807, 2.05) is 13.8 Å². The molecule has 1 aromatic rings. The van der Waals surface area contributed by atoms with Gasteiger partial charge in [-0.05, 0) is 32.3 Å². The van der Waals surface area contributed by atoms with E-state index in [0.29, 0.717) is 13.2 Å². The second-order valence-electron chi connectivity index (χ2n) is 4.94. The Morgan fingerprint density at radius 1 is 1.05 bits per heavy atom. The Kier molecular flexibility index (Phi) is 5.37. The number of nitrogens with zero attached hydrogens (tertiary/aromatic N) is 1. The summed E-state index contributed by atoms with van der Waals surface area (Å²) in [7, 11) is 0. The van der Waals surface area contributed by atoms with Crippen LogP contribution >= 0.6 is 0 Å². The minimum Gasteiger partial charge on any atom is -0.338 e. The lowest BCUT2D eigenvalue weighted by atomic mass is 10.1. The maximum absolute atomic E-state index is 6.00. The molecule has 1 heterocycles. The van der Waals surface area contributed by atoms with Gasteiger partial charge in [0.1, 0.15) is 0 Å². The van der Waals surface area contributed by atoms with Gasteiger partial charge in [0.05, 0.1) is 0 Å². The van der Waals surface area contributed by atoms with Crippen LogP contribution in [0, 0.1) is 0 Å². The summed E-state index contributed by atoms with van der Waals surface area (Å²) in [5.41, 5.74) is 1.31.